The van der Waals surface area contributed by atoms with E-state index >= 15 is 0 Å². The van der Waals surface area contributed by atoms with E-state index < -0.39 is 11.8 Å². The number of carbonyl (C=O) groups is 2. The zero-order valence-electron chi connectivity index (χ0n) is 11.8. The van der Waals surface area contributed by atoms with Crippen LogP contribution in [0.3, 0.4) is 0 Å². The summed E-state index contributed by atoms with van der Waals surface area (Å²) in [7, 11) is 1.38. The average Bonchev–Trinajstić information content (AvgIpc) is 2.87. The molecule has 0 bridgehead atoms. The van der Waals surface area contributed by atoms with Gasteiger partial charge < -0.3 is 15.2 Å². The van der Waals surface area contributed by atoms with Crippen molar-refractivity contribution in [2.75, 3.05) is 7.11 Å². The van der Waals surface area contributed by atoms with Crippen LogP contribution in [0.1, 0.15) is 24.8 Å². The number of amides is 1. The normalized spacial score (nSPS) is 21.0. The number of hydrogen-bond acceptors (Lipinski definition) is 3. The Morgan fingerprint density at radius 2 is 2.19 bits per heavy atom. The van der Waals surface area contributed by atoms with Crippen LogP contribution in [-0.4, -0.2) is 30.1 Å². The first-order valence-corrected chi connectivity index (χ1v) is 6.84. The Morgan fingerprint density at radius 3 is 2.76 bits per heavy atom. The first kappa shape index (κ1) is 15.3. The molecule has 1 aliphatic rings. The van der Waals surface area contributed by atoms with Gasteiger partial charge in [-0.05, 0) is 37.0 Å². The third-order valence-corrected chi connectivity index (χ3v) is 3.73. The summed E-state index contributed by atoms with van der Waals surface area (Å²) in [6.07, 6.45) is 1.77. The van der Waals surface area contributed by atoms with Gasteiger partial charge in [0.1, 0.15) is 0 Å². The van der Waals surface area contributed by atoms with E-state index in [0.29, 0.717) is 24.8 Å². The smallest absolute Gasteiger partial charge is 0.306 e. The second-order valence-corrected chi connectivity index (χ2v) is 5.26. The molecular formula is C15H18FNO4. The molecule has 0 spiro atoms. The molecule has 21 heavy (non-hydrogen) atoms. The molecule has 2 atom stereocenters. The van der Waals surface area contributed by atoms with Gasteiger partial charge in [-0.25, -0.2) is 4.39 Å². The van der Waals surface area contributed by atoms with Crippen LogP contribution in [0.5, 0.6) is 5.75 Å². The van der Waals surface area contributed by atoms with Gasteiger partial charge in [-0.15, -0.1) is 0 Å². The number of halogens is 1. The van der Waals surface area contributed by atoms with Gasteiger partial charge in [0.15, 0.2) is 11.6 Å². The van der Waals surface area contributed by atoms with Crippen molar-refractivity contribution < 1.29 is 23.8 Å². The van der Waals surface area contributed by atoms with Crippen molar-refractivity contribution in [1.29, 1.82) is 0 Å². The molecule has 1 amide bonds. The highest BCUT2D eigenvalue weighted by molar-refractivity contribution is 5.79. The topological polar surface area (TPSA) is 75.6 Å². The number of carboxylic acid groups (broad SMARTS) is 1. The average molecular weight is 295 g/mol. The maximum absolute atomic E-state index is 13.5. The van der Waals surface area contributed by atoms with Crippen molar-refractivity contribution in [3.05, 3.63) is 29.6 Å². The Balaban J connectivity index is 1.88. The van der Waals surface area contributed by atoms with Gasteiger partial charge in [0.2, 0.25) is 5.91 Å². The Morgan fingerprint density at radius 1 is 1.43 bits per heavy atom. The molecule has 2 N–H and O–H groups in total. The zero-order valence-corrected chi connectivity index (χ0v) is 11.8. The number of carboxylic acids is 1. The SMILES string of the molecule is COc1ccc(CC(=O)N[C@@H]2CC[C@H](C(=O)O)C2)cc1F. The summed E-state index contributed by atoms with van der Waals surface area (Å²) in [5.74, 6) is -1.79. The van der Waals surface area contributed by atoms with Crippen molar-refractivity contribution in [2.24, 2.45) is 5.92 Å². The van der Waals surface area contributed by atoms with Gasteiger partial charge in [-0.1, -0.05) is 6.07 Å². The fourth-order valence-corrected chi connectivity index (χ4v) is 2.62. The van der Waals surface area contributed by atoms with Crippen LogP contribution < -0.4 is 10.1 Å². The molecule has 1 aliphatic carbocycles. The number of aliphatic carboxylic acids is 1. The second kappa shape index (κ2) is 6.56. The molecule has 6 heteroatoms. The highest BCUT2D eigenvalue weighted by Crippen LogP contribution is 2.25. The zero-order chi connectivity index (χ0) is 15.4. The lowest BCUT2D eigenvalue weighted by molar-refractivity contribution is -0.141. The van der Waals surface area contributed by atoms with Crippen LogP contribution in [0, 0.1) is 11.7 Å². The summed E-state index contributed by atoms with van der Waals surface area (Å²) in [6.45, 7) is 0. The quantitative estimate of drug-likeness (QED) is 0.867. The Hall–Kier alpha value is -2.11. The van der Waals surface area contributed by atoms with Gasteiger partial charge in [-0.3, -0.25) is 9.59 Å². The molecule has 1 fully saturated rings. The molecule has 0 heterocycles. The van der Waals surface area contributed by atoms with E-state index in [1.54, 1.807) is 6.07 Å². The fraction of sp³-hybridized carbons (Fsp3) is 0.467. The molecule has 0 aliphatic heterocycles. The van der Waals surface area contributed by atoms with Crippen molar-refractivity contribution in [3.63, 3.8) is 0 Å². The number of benzene rings is 1. The Labute approximate surface area is 122 Å². The van der Waals surface area contributed by atoms with Gasteiger partial charge >= 0.3 is 5.97 Å². The number of nitrogens with one attached hydrogen (secondary N) is 1. The minimum absolute atomic E-state index is 0.0646. The Bertz CT molecular complexity index is 546. The minimum atomic E-state index is -0.816. The van der Waals surface area contributed by atoms with Crippen molar-refractivity contribution in [1.82, 2.24) is 5.32 Å². The third-order valence-electron chi connectivity index (χ3n) is 3.73. The van der Waals surface area contributed by atoms with Crippen LogP contribution in [0.4, 0.5) is 4.39 Å². The molecule has 2 rings (SSSR count). The lowest BCUT2D eigenvalue weighted by Crippen LogP contribution is -2.34. The molecule has 114 valence electrons. The van der Waals surface area contributed by atoms with E-state index in [2.05, 4.69) is 5.32 Å². The summed E-state index contributed by atoms with van der Waals surface area (Å²) in [6, 6.07) is 4.28. The molecular weight excluding hydrogens is 277 g/mol. The molecule has 0 unspecified atom stereocenters. The van der Waals surface area contributed by atoms with E-state index in [4.69, 9.17) is 9.84 Å². The number of rotatable bonds is 5. The highest BCUT2D eigenvalue weighted by Gasteiger charge is 2.30. The summed E-state index contributed by atoms with van der Waals surface area (Å²) < 4.78 is 18.3. The molecule has 5 nitrogen and oxygen atoms in total. The number of methoxy groups -OCH3 is 1. The van der Waals surface area contributed by atoms with Crippen LogP contribution in [0.25, 0.3) is 0 Å². The maximum atomic E-state index is 13.5. The lowest BCUT2D eigenvalue weighted by atomic mass is 10.1. The van der Waals surface area contributed by atoms with Crippen molar-refractivity contribution in [2.45, 2.75) is 31.7 Å². The fourth-order valence-electron chi connectivity index (χ4n) is 2.62. The van der Waals surface area contributed by atoms with Gasteiger partial charge in [0.05, 0.1) is 19.4 Å². The predicted molar refractivity (Wildman–Crippen MR) is 73.6 cm³/mol. The molecule has 1 saturated carbocycles. The monoisotopic (exact) mass is 295 g/mol. The second-order valence-electron chi connectivity index (χ2n) is 5.26. The van der Waals surface area contributed by atoms with Crippen LogP contribution in [-0.2, 0) is 16.0 Å². The largest absolute Gasteiger partial charge is 0.494 e. The summed E-state index contributed by atoms with van der Waals surface area (Å²) in [5, 5.41) is 11.7. The van der Waals surface area contributed by atoms with E-state index in [0.717, 1.165) is 0 Å². The van der Waals surface area contributed by atoms with Crippen molar-refractivity contribution >= 4 is 11.9 Å². The Kier molecular flexibility index (Phi) is 4.77. The molecule has 0 aromatic heterocycles. The molecule has 1 aromatic rings. The maximum Gasteiger partial charge on any atom is 0.306 e. The van der Waals surface area contributed by atoms with Gasteiger partial charge in [0.25, 0.3) is 0 Å². The summed E-state index contributed by atoms with van der Waals surface area (Å²) in [5.41, 5.74) is 0.554. The number of ether oxygens (including phenoxy) is 1. The van der Waals surface area contributed by atoms with Crippen LogP contribution >= 0.6 is 0 Å². The van der Waals surface area contributed by atoms with E-state index in [1.165, 1.54) is 19.2 Å². The lowest BCUT2D eigenvalue weighted by Gasteiger charge is -2.12. The van der Waals surface area contributed by atoms with E-state index in [1.807, 2.05) is 0 Å². The standard InChI is InChI=1S/C15H18FNO4/c1-21-13-5-2-9(6-12(13)16)7-14(18)17-11-4-3-10(8-11)15(19)20/h2,5-6,10-11H,3-4,7-8H2,1H3,(H,17,18)(H,19,20)/t10-,11+/m0/s1. The molecule has 0 saturated heterocycles. The van der Waals surface area contributed by atoms with E-state index in [9.17, 15) is 14.0 Å². The van der Waals surface area contributed by atoms with Crippen LogP contribution in [0.15, 0.2) is 18.2 Å². The molecule has 0 radical (unpaired) electrons. The summed E-state index contributed by atoms with van der Waals surface area (Å²) in [4.78, 5) is 22.8. The van der Waals surface area contributed by atoms with E-state index in [-0.39, 0.29) is 30.0 Å². The third kappa shape index (κ3) is 3.93. The van der Waals surface area contributed by atoms with Crippen LogP contribution in [0.2, 0.25) is 0 Å². The van der Waals surface area contributed by atoms with Gasteiger partial charge in [-0.2, -0.15) is 0 Å². The molecule has 1 aromatic carbocycles. The summed E-state index contributed by atoms with van der Waals surface area (Å²) >= 11 is 0. The number of hydrogen-bond donors (Lipinski definition) is 2. The first-order valence-electron chi connectivity index (χ1n) is 6.84. The first-order chi connectivity index (χ1) is 9.99. The minimum Gasteiger partial charge on any atom is -0.494 e. The highest BCUT2D eigenvalue weighted by atomic mass is 19.1. The van der Waals surface area contributed by atoms with Crippen molar-refractivity contribution in [3.8, 4) is 5.75 Å². The number of carbonyl (C=O) groups excluding carboxylic acids is 1. The predicted octanol–water partition coefficient (Wildman–Crippen LogP) is 1.75. The van der Waals surface area contributed by atoms with Gasteiger partial charge in [0, 0.05) is 6.04 Å².